The molecule has 0 bridgehead atoms. The van der Waals surface area contributed by atoms with Crippen LogP contribution < -0.4 is 16.6 Å². The lowest BCUT2D eigenvalue weighted by molar-refractivity contribution is 0.585. The number of benzene rings is 6. The van der Waals surface area contributed by atoms with E-state index in [1.54, 1.807) is 16.8 Å². The molecule has 9 heteroatoms. The molecule has 8 rings (SSSR count). The number of hydrogen-bond acceptors (Lipinski definition) is 6. The van der Waals surface area contributed by atoms with Gasteiger partial charge in [0.15, 0.2) is 0 Å². The number of hydrogen-bond donors (Lipinski definition) is 3. The Labute approximate surface area is 299 Å². The average Bonchev–Trinajstić information content (AvgIpc) is 3.57. The van der Waals surface area contributed by atoms with E-state index in [1.165, 1.54) is 4.57 Å². The quantitative estimate of drug-likeness (QED) is 0.108. The molecular weight excluding hydrogens is 647 g/mol. The van der Waals surface area contributed by atoms with Crippen LogP contribution in [0.25, 0.3) is 21.9 Å². The van der Waals surface area contributed by atoms with Crippen molar-refractivity contribution in [2.24, 2.45) is 7.05 Å². The maximum absolute atomic E-state index is 14.4. The fourth-order valence-corrected chi connectivity index (χ4v) is 7.14. The predicted octanol–water partition coefficient (Wildman–Crippen LogP) is 7.40. The number of aromatic nitrogens is 5. The van der Waals surface area contributed by atoms with E-state index >= 15 is 0 Å². The van der Waals surface area contributed by atoms with Crippen molar-refractivity contribution >= 4 is 33.3 Å². The summed E-state index contributed by atoms with van der Waals surface area (Å²) in [6, 6.07) is 48.5. The monoisotopic (exact) mass is 681 g/mol. The minimum atomic E-state index is -0.945. The molecule has 0 amide bonds. The summed E-state index contributed by atoms with van der Waals surface area (Å²) in [6.07, 6.45) is 0. The molecular formula is C43H35N7O2. The summed E-state index contributed by atoms with van der Waals surface area (Å²) >= 11 is 0. The van der Waals surface area contributed by atoms with E-state index in [9.17, 15) is 15.0 Å². The molecule has 0 fully saturated rings. The molecule has 3 N–H and O–H groups in total. The number of H-pyrrole nitrogens is 1. The van der Waals surface area contributed by atoms with Crippen LogP contribution in [-0.4, -0.2) is 30.3 Å². The van der Waals surface area contributed by atoms with Crippen molar-refractivity contribution in [3.63, 3.8) is 0 Å². The molecule has 0 radical (unpaired) electrons. The molecule has 52 heavy (non-hydrogen) atoms. The summed E-state index contributed by atoms with van der Waals surface area (Å²) in [5, 5.41) is 22.3. The van der Waals surface area contributed by atoms with E-state index in [0.717, 1.165) is 27.8 Å². The van der Waals surface area contributed by atoms with Crippen LogP contribution in [0.1, 0.15) is 46.3 Å². The van der Waals surface area contributed by atoms with Crippen molar-refractivity contribution in [1.29, 1.82) is 5.41 Å². The first-order chi connectivity index (χ1) is 25.3. The lowest BCUT2D eigenvalue weighted by Gasteiger charge is -2.38. The highest BCUT2D eigenvalue weighted by molar-refractivity contribution is 6.16. The Morgan fingerprint density at radius 1 is 0.750 bits per heavy atom. The highest BCUT2D eigenvalue weighted by Gasteiger charge is 2.37. The molecule has 0 aliphatic carbocycles. The summed E-state index contributed by atoms with van der Waals surface area (Å²) in [7, 11) is 1.81. The zero-order chi connectivity index (χ0) is 35.8. The minimum Gasteiger partial charge on any atom is -0.367 e. The van der Waals surface area contributed by atoms with Gasteiger partial charge in [0, 0.05) is 23.9 Å². The van der Waals surface area contributed by atoms with E-state index in [1.807, 2.05) is 117 Å². The predicted molar refractivity (Wildman–Crippen MR) is 206 cm³/mol. The Morgan fingerprint density at radius 3 is 1.88 bits per heavy atom. The maximum atomic E-state index is 14.4. The highest BCUT2D eigenvalue weighted by atomic mass is 16.2. The number of rotatable bonds is 9. The van der Waals surface area contributed by atoms with Crippen LogP contribution in [0.2, 0.25) is 0 Å². The van der Waals surface area contributed by atoms with Crippen LogP contribution in [0, 0.1) is 5.41 Å². The fraction of sp³-hybridized carbons (Fsp3) is 0.0930. The van der Waals surface area contributed by atoms with Crippen molar-refractivity contribution in [1.82, 2.24) is 24.5 Å². The van der Waals surface area contributed by atoms with Gasteiger partial charge in [-0.3, -0.25) is 14.8 Å². The van der Waals surface area contributed by atoms with Gasteiger partial charge < -0.3 is 10.3 Å². The Kier molecular flexibility index (Phi) is 8.15. The summed E-state index contributed by atoms with van der Waals surface area (Å²) < 4.78 is 2.92. The maximum Gasteiger partial charge on any atom is 0.329 e. The van der Waals surface area contributed by atoms with Gasteiger partial charge in [-0.15, -0.1) is 5.10 Å². The molecule has 6 aromatic carbocycles. The molecule has 0 aliphatic rings. The molecule has 8 aromatic rings. The normalized spacial score (nSPS) is 12.2. The van der Waals surface area contributed by atoms with Crippen LogP contribution in [-0.2, 0) is 12.6 Å². The topological polar surface area (TPSA) is 121 Å². The van der Waals surface area contributed by atoms with Crippen LogP contribution in [0.5, 0.6) is 0 Å². The Hall–Kier alpha value is -6.87. The van der Waals surface area contributed by atoms with Crippen molar-refractivity contribution < 1.29 is 0 Å². The summed E-state index contributed by atoms with van der Waals surface area (Å²) in [4.78, 5) is 31.1. The van der Waals surface area contributed by atoms with Gasteiger partial charge in [-0.2, -0.15) is 0 Å². The molecule has 0 aliphatic heterocycles. The second kappa shape index (κ2) is 13.1. The number of aryl methyl sites for hydroxylation is 1. The third-order valence-corrected chi connectivity index (χ3v) is 9.85. The van der Waals surface area contributed by atoms with Gasteiger partial charge >= 0.3 is 5.69 Å². The van der Waals surface area contributed by atoms with Crippen LogP contribution >= 0.6 is 0 Å². The first kappa shape index (κ1) is 32.3. The van der Waals surface area contributed by atoms with E-state index in [4.69, 9.17) is 0 Å². The second-order valence-corrected chi connectivity index (χ2v) is 12.9. The van der Waals surface area contributed by atoms with E-state index in [0.29, 0.717) is 33.2 Å². The third kappa shape index (κ3) is 5.49. The van der Waals surface area contributed by atoms with Gasteiger partial charge in [-0.25, -0.2) is 9.48 Å². The molecule has 1 unspecified atom stereocenters. The zero-order valence-electron chi connectivity index (χ0n) is 28.6. The van der Waals surface area contributed by atoms with Crippen molar-refractivity contribution in [3.05, 3.63) is 206 Å². The van der Waals surface area contributed by atoms with Gasteiger partial charge in [0.25, 0.3) is 5.56 Å². The number of fused-ring (bicyclic) bond motifs is 2. The van der Waals surface area contributed by atoms with Gasteiger partial charge in [-0.1, -0.05) is 133 Å². The third-order valence-electron chi connectivity index (χ3n) is 9.85. The Bertz CT molecular complexity index is 2590. The van der Waals surface area contributed by atoms with E-state index < -0.39 is 22.8 Å². The molecule has 1 atom stereocenters. The molecule has 2 heterocycles. The number of nitrogens with one attached hydrogen (secondary N) is 3. The first-order valence-corrected chi connectivity index (χ1v) is 17.1. The lowest BCUT2D eigenvalue weighted by Crippen LogP contribution is -2.39. The van der Waals surface area contributed by atoms with E-state index in [-0.39, 0.29) is 5.71 Å². The molecule has 9 nitrogen and oxygen atoms in total. The Morgan fingerprint density at radius 2 is 1.31 bits per heavy atom. The van der Waals surface area contributed by atoms with Crippen LogP contribution in [0.4, 0.5) is 5.69 Å². The largest absolute Gasteiger partial charge is 0.367 e. The number of anilines is 1. The highest BCUT2D eigenvalue weighted by Crippen LogP contribution is 2.41. The SMILES string of the molecule is CC(c1ccccc1)n1c(=O)[nH]c2cc(NC(c3ccccc3)(c3ccccc3)c3ccccc3)c(C(=N)c3ccc4nnn(C)c4c3)cc2c1=O. The summed E-state index contributed by atoms with van der Waals surface area (Å²) in [5.41, 5.74) is 5.51. The molecule has 0 saturated carbocycles. The van der Waals surface area contributed by atoms with Crippen LogP contribution in [0.3, 0.4) is 0 Å². The van der Waals surface area contributed by atoms with Gasteiger partial charge in [0.05, 0.1) is 28.2 Å². The smallest absolute Gasteiger partial charge is 0.329 e. The average molecular weight is 682 g/mol. The van der Waals surface area contributed by atoms with Crippen molar-refractivity contribution in [3.8, 4) is 0 Å². The number of nitrogens with zero attached hydrogens (tertiary/aromatic N) is 4. The van der Waals surface area contributed by atoms with Gasteiger partial charge in [0.2, 0.25) is 0 Å². The minimum absolute atomic E-state index is 0.184. The van der Waals surface area contributed by atoms with Gasteiger partial charge in [0.1, 0.15) is 11.1 Å². The summed E-state index contributed by atoms with van der Waals surface area (Å²) in [6.45, 7) is 1.84. The van der Waals surface area contributed by atoms with Crippen LogP contribution in [0.15, 0.2) is 161 Å². The first-order valence-electron chi connectivity index (χ1n) is 17.1. The van der Waals surface area contributed by atoms with Gasteiger partial charge in [-0.05, 0) is 53.4 Å². The van der Waals surface area contributed by atoms with Crippen molar-refractivity contribution in [2.75, 3.05) is 5.32 Å². The summed E-state index contributed by atoms with van der Waals surface area (Å²) in [5.74, 6) is 0. The molecule has 254 valence electrons. The zero-order valence-corrected chi connectivity index (χ0v) is 28.6. The standard InChI is InChI=1S/C43H35N7O2/c1-28(29-15-7-3-8-16-29)50-41(51)35-26-34(40(44)30-23-24-36-39(25-30)49(2)48-47-36)38(27-37(35)45-42(50)52)46-43(31-17-9-4-10-18-31,32-19-11-5-12-20-32)33-21-13-6-14-22-33/h3-28,44,46H,1-2H3,(H,45,52). The Balaban J connectivity index is 1.41. The molecule has 0 saturated heterocycles. The van der Waals surface area contributed by atoms with E-state index in [2.05, 4.69) is 57.0 Å². The molecule has 2 aromatic heterocycles. The van der Waals surface area contributed by atoms with Crippen molar-refractivity contribution in [2.45, 2.75) is 18.5 Å². The second-order valence-electron chi connectivity index (χ2n) is 12.9. The molecule has 0 spiro atoms. The fourth-order valence-electron chi connectivity index (χ4n) is 7.14. The number of aromatic amines is 1. The lowest BCUT2D eigenvalue weighted by atomic mass is 9.76.